The number of amides is 1. The van der Waals surface area contributed by atoms with E-state index in [1.54, 1.807) is 13.0 Å². The average Bonchev–Trinajstić information content (AvgIpc) is 2.65. The predicted octanol–water partition coefficient (Wildman–Crippen LogP) is 4.55. The minimum absolute atomic E-state index is 0.120. The second-order valence-electron chi connectivity index (χ2n) is 5.79. The van der Waals surface area contributed by atoms with Crippen LogP contribution in [0.4, 0.5) is 18.9 Å². The molecule has 0 unspecified atom stereocenters. The number of pyridine rings is 2. The van der Waals surface area contributed by atoms with E-state index in [0.29, 0.717) is 11.3 Å². The first-order valence-electron chi connectivity index (χ1n) is 8.01. The summed E-state index contributed by atoms with van der Waals surface area (Å²) in [6.07, 6.45) is -1.70. The molecule has 2 N–H and O–H groups in total. The molecule has 9 heteroatoms. The number of anilines is 1. The number of aromatic hydroxyl groups is 1. The van der Waals surface area contributed by atoms with E-state index in [2.05, 4.69) is 15.3 Å². The molecule has 1 amide bonds. The third kappa shape index (κ3) is 4.37. The molecule has 0 aliphatic heterocycles. The number of alkyl halides is 3. The van der Waals surface area contributed by atoms with Crippen LogP contribution in [0.1, 0.15) is 21.6 Å². The largest absolute Gasteiger partial charge is 0.505 e. The molecule has 0 aliphatic rings. The number of benzene rings is 1. The number of rotatable bonds is 4. The molecule has 1 aromatic carbocycles. The van der Waals surface area contributed by atoms with E-state index in [4.69, 9.17) is 4.74 Å². The number of nitrogens with zero attached hydrogens (tertiary/aromatic N) is 2. The van der Waals surface area contributed by atoms with E-state index in [0.717, 1.165) is 12.1 Å². The van der Waals surface area contributed by atoms with Gasteiger partial charge in [-0.15, -0.1) is 0 Å². The van der Waals surface area contributed by atoms with Gasteiger partial charge in [0.25, 0.3) is 5.91 Å². The molecule has 0 fully saturated rings. The SMILES string of the molecule is Cc1ccnc(C(=O)Nc2ccc(Oc3ccc(C(F)(F)F)cc3)nc2)c1O. The number of aryl methyl sites for hydroxylation is 1. The van der Waals surface area contributed by atoms with Gasteiger partial charge in [0.2, 0.25) is 5.88 Å². The number of hydrogen-bond acceptors (Lipinski definition) is 5. The van der Waals surface area contributed by atoms with Crippen LogP contribution in [0.2, 0.25) is 0 Å². The Bertz CT molecular complexity index is 988. The first-order valence-corrected chi connectivity index (χ1v) is 8.01. The minimum Gasteiger partial charge on any atom is -0.505 e. The molecule has 28 heavy (non-hydrogen) atoms. The Kier molecular flexibility index (Phi) is 5.16. The molecule has 0 saturated carbocycles. The Morgan fingerprint density at radius 3 is 2.39 bits per heavy atom. The van der Waals surface area contributed by atoms with Gasteiger partial charge in [-0.1, -0.05) is 0 Å². The van der Waals surface area contributed by atoms with Crippen molar-refractivity contribution in [1.82, 2.24) is 9.97 Å². The maximum atomic E-state index is 12.6. The number of hydrogen-bond donors (Lipinski definition) is 2. The molecule has 0 spiro atoms. The van der Waals surface area contributed by atoms with Crippen molar-refractivity contribution in [2.24, 2.45) is 0 Å². The summed E-state index contributed by atoms with van der Waals surface area (Å²) in [4.78, 5) is 20.0. The topological polar surface area (TPSA) is 84.3 Å². The van der Waals surface area contributed by atoms with Gasteiger partial charge in [0.1, 0.15) is 11.5 Å². The van der Waals surface area contributed by atoms with E-state index in [-0.39, 0.29) is 23.1 Å². The van der Waals surface area contributed by atoms with Gasteiger partial charge in [0.15, 0.2) is 5.69 Å². The fourth-order valence-electron chi connectivity index (χ4n) is 2.25. The van der Waals surface area contributed by atoms with E-state index < -0.39 is 17.6 Å². The number of carbonyl (C=O) groups excluding carboxylic acids is 1. The van der Waals surface area contributed by atoms with Crippen LogP contribution in [-0.2, 0) is 6.18 Å². The van der Waals surface area contributed by atoms with Gasteiger partial charge in [-0.2, -0.15) is 13.2 Å². The molecular formula is C19H14F3N3O3. The molecule has 0 aliphatic carbocycles. The zero-order chi connectivity index (χ0) is 20.3. The number of carbonyl (C=O) groups is 1. The van der Waals surface area contributed by atoms with Gasteiger partial charge < -0.3 is 15.2 Å². The van der Waals surface area contributed by atoms with Gasteiger partial charge in [0.05, 0.1) is 17.4 Å². The van der Waals surface area contributed by atoms with Gasteiger partial charge in [-0.05, 0) is 48.9 Å². The number of nitrogens with one attached hydrogen (secondary N) is 1. The van der Waals surface area contributed by atoms with E-state index in [9.17, 15) is 23.1 Å². The lowest BCUT2D eigenvalue weighted by Gasteiger charge is -2.09. The first-order chi connectivity index (χ1) is 13.2. The van der Waals surface area contributed by atoms with Crippen molar-refractivity contribution in [1.29, 1.82) is 0 Å². The van der Waals surface area contributed by atoms with Crippen molar-refractivity contribution in [2.75, 3.05) is 5.32 Å². The molecule has 0 radical (unpaired) electrons. The summed E-state index contributed by atoms with van der Waals surface area (Å²) in [6, 6.07) is 8.70. The molecule has 3 aromatic rings. The summed E-state index contributed by atoms with van der Waals surface area (Å²) in [6.45, 7) is 1.64. The molecule has 0 atom stereocenters. The van der Waals surface area contributed by atoms with E-state index >= 15 is 0 Å². The van der Waals surface area contributed by atoms with Crippen LogP contribution in [-0.4, -0.2) is 21.0 Å². The van der Waals surface area contributed by atoms with Crippen LogP contribution < -0.4 is 10.1 Å². The summed E-state index contributed by atoms with van der Waals surface area (Å²) < 4.78 is 43.1. The van der Waals surface area contributed by atoms with E-state index in [1.165, 1.54) is 36.7 Å². The first kappa shape index (κ1) is 19.2. The van der Waals surface area contributed by atoms with Gasteiger partial charge in [0, 0.05) is 12.3 Å². The molecular weight excluding hydrogens is 375 g/mol. The van der Waals surface area contributed by atoms with Crippen molar-refractivity contribution in [3.05, 3.63) is 71.7 Å². The minimum atomic E-state index is -4.42. The quantitative estimate of drug-likeness (QED) is 0.684. The molecule has 144 valence electrons. The van der Waals surface area contributed by atoms with Crippen molar-refractivity contribution < 1.29 is 27.8 Å². The molecule has 3 rings (SSSR count). The maximum absolute atomic E-state index is 12.6. The number of halogens is 3. The Morgan fingerprint density at radius 1 is 1.07 bits per heavy atom. The summed E-state index contributed by atoms with van der Waals surface area (Å²) in [7, 11) is 0. The maximum Gasteiger partial charge on any atom is 0.416 e. The van der Waals surface area contributed by atoms with Crippen molar-refractivity contribution in [3.63, 3.8) is 0 Å². The lowest BCUT2D eigenvalue weighted by molar-refractivity contribution is -0.137. The van der Waals surface area contributed by atoms with Crippen molar-refractivity contribution >= 4 is 11.6 Å². The second kappa shape index (κ2) is 7.55. The molecule has 6 nitrogen and oxygen atoms in total. The highest BCUT2D eigenvalue weighted by atomic mass is 19.4. The van der Waals surface area contributed by atoms with Crippen molar-refractivity contribution in [2.45, 2.75) is 13.1 Å². The average molecular weight is 389 g/mol. The Labute approximate surface area is 157 Å². The van der Waals surface area contributed by atoms with Gasteiger partial charge >= 0.3 is 6.18 Å². The molecule has 0 saturated heterocycles. The highest BCUT2D eigenvalue weighted by Crippen LogP contribution is 2.31. The van der Waals surface area contributed by atoms with Gasteiger partial charge in [-0.3, -0.25) is 4.79 Å². The highest BCUT2D eigenvalue weighted by Gasteiger charge is 2.30. The lowest BCUT2D eigenvalue weighted by Crippen LogP contribution is -2.14. The summed E-state index contributed by atoms with van der Waals surface area (Å²) in [5.74, 6) is -0.505. The zero-order valence-corrected chi connectivity index (χ0v) is 14.5. The lowest BCUT2D eigenvalue weighted by atomic mass is 10.2. The summed E-state index contributed by atoms with van der Waals surface area (Å²) in [5.41, 5.74) is -0.0602. The normalized spacial score (nSPS) is 11.1. The second-order valence-corrected chi connectivity index (χ2v) is 5.79. The Morgan fingerprint density at radius 2 is 1.79 bits per heavy atom. The van der Waals surface area contributed by atoms with Crippen LogP contribution >= 0.6 is 0 Å². The molecule has 2 aromatic heterocycles. The fourth-order valence-corrected chi connectivity index (χ4v) is 2.25. The van der Waals surface area contributed by atoms with Crippen LogP contribution in [0, 0.1) is 6.92 Å². The van der Waals surface area contributed by atoms with Crippen LogP contribution in [0.15, 0.2) is 54.9 Å². The fraction of sp³-hybridized carbons (Fsp3) is 0.105. The monoisotopic (exact) mass is 389 g/mol. The third-order valence-corrected chi connectivity index (χ3v) is 3.74. The smallest absolute Gasteiger partial charge is 0.416 e. The summed E-state index contributed by atoms with van der Waals surface area (Å²) >= 11 is 0. The highest BCUT2D eigenvalue weighted by molar-refractivity contribution is 6.04. The van der Waals surface area contributed by atoms with Crippen LogP contribution in [0.5, 0.6) is 17.4 Å². The Hall–Kier alpha value is -3.62. The van der Waals surface area contributed by atoms with Crippen molar-refractivity contribution in [3.8, 4) is 17.4 Å². The zero-order valence-electron chi connectivity index (χ0n) is 14.5. The van der Waals surface area contributed by atoms with Crippen LogP contribution in [0.3, 0.4) is 0 Å². The van der Waals surface area contributed by atoms with E-state index in [1.807, 2.05) is 0 Å². The molecule has 0 bridgehead atoms. The standard InChI is InChI=1S/C19H14F3N3O3/c1-11-8-9-23-16(17(11)26)18(27)25-13-4-7-15(24-10-13)28-14-5-2-12(3-6-14)19(20,21)22/h2-10,26H,1H3,(H,25,27). The number of aromatic nitrogens is 2. The van der Waals surface area contributed by atoms with Gasteiger partial charge in [-0.25, -0.2) is 9.97 Å². The predicted molar refractivity (Wildman–Crippen MR) is 94.3 cm³/mol. The number of ether oxygens (including phenoxy) is 1. The third-order valence-electron chi connectivity index (χ3n) is 3.74. The molecule has 2 heterocycles. The summed E-state index contributed by atoms with van der Waals surface area (Å²) in [5, 5.41) is 12.4. The van der Waals surface area contributed by atoms with Crippen LogP contribution in [0.25, 0.3) is 0 Å². The Balaban J connectivity index is 1.66.